The van der Waals surface area contributed by atoms with Gasteiger partial charge in [-0.25, -0.2) is 8.42 Å². The molecule has 3 rings (SSSR count). The summed E-state index contributed by atoms with van der Waals surface area (Å²) in [4.78, 5) is 0.443. The van der Waals surface area contributed by atoms with E-state index in [1.807, 2.05) is 6.07 Å². The number of benzene rings is 1. The van der Waals surface area contributed by atoms with Crippen molar-refractivity contribution < 1.29 is 8.42 Å². The van der Waals surface area contributed by atoms with Crippen LogP contribution in [0.25, 0.3) is 5.57 Å². The number of allylic oxidation sites excluding steroid dienone is 1. The molecule has 0 unspecified atom stereocenters. The highest BCUT2D eigenvalue weighted by molar-refractivity contribution is 7.95. The highest BCUT2D eigenvalue weighted by Crippen LogP contribution is 2.39. The minimum atomic E-state index is -3.21. The summed E-state index contributed by atoms with van der Waals surface area (Å²) in [6.45, 7) is 0. The number of fused-ring (bicyclic) bond motifs is 1. The van der Waals surface area contributed by atoms with Crippen LogP contribution in [0.1, 0.15) is 50.5 Å². The second-order valence-electron chi connectivity index (χ2n) is 5.67. The van der Waals surface area contributed by atoms with E-state index in [9.17, 15) is 8.42 Å². The molecule has 0 bridgehead atoms. The molecule has 1 aliphatic heterocycles. The topological polar surface area (TPSA) is 34.1 Å². The molecule has 1 heterocycles. The van der Waals surface area contributed by atoms with Crippen molar-refractivity contribution in [2.75, 3.05) is 0 Å². The zero-order valence-corrected chi connectivity index (χ0v) is 11.9. The Labute approximate surface area is 115 Å². The first-order chi connectivity index (χ1) is 9.17. The third kappa shape index (κ3) is 2.62. The molecule has 1 aromatic carbocycles. The van der Waals surface area contributed by atoms with Crippen molar-refractivity contribution in [2.45, 2.75) is 49.8 Å². The summed E-state index contributed by atoms with van der Waals surface area (Å²) in [7, 11) is -3.21. The predicted molar refractivity (Wildman–Crippen MR) is 76.2 cm³/mol. The average molecular weight is 275 g/mol. The number of hydrogen-bond acceptors (Lipinski definition) is 2. The van der Waals surface area contributed by atoms with Gasteiger partial charge in [0.2, 0.25) is 9.84 Å². The Morgan fingerprint density at radius 2 is 1.89 bits per heavy atom. The van der Waals surface area contributed by atoms with Crippen LogP contribution in [0.2, 0.25) is 0 Å². The quantitative estimate of drug-likeness (QED) is 0.765. The zero-order chi connectivity index (χ0) is 13.3. The van der Waals surface area contributed by atoms with Crippen molar-refractivity contribution in [3.63, 3.8) is 0 Å². The summed E-state index contributed by atoms with van der Waals surface area (Å²) >= 11 is 0. The molecule has 101 valence electrons. The van der Waals surface area contributed by atoms with Gasteiger partial charge in [0.25, 0.3) is 0 Å². The molecule has 1 fully saturated rings. The first-order valence-electron chi connectivity index (χ1n) is 7.13. The molecule has 2 aliphatic rings. The molecule has 0 N–H and O–H groups in total. The van der Waals surface area contributed by atoms with E-state index < -0.39 is 9.84 Å². The first kappa shape index (κ1) is 12.9. The summed E-state index contributed by atoms with van der Waals surface area (Å²) in [5.41, 5.74) is 1.92. The lowest BCUT2D eigenvalue weighted by Gasteiger charge is -2.14. The van der Waals surface area contributed by atoms with E-state index in [-0.39, 0.29) is 0 Å². The van der Waals surface area contributed by atoms with Crippen molar-refractivity contribution in [1.82, 2.24) is 0 Å². The van der Waals surface area contributed by atoms with Gasteiger partial charge >= 0.3 is 0 Å². The third-order valence-corrected chi connectivity index (χ3v) is 5.80. The maximum atomic E-state index is 12.1. The number of hydrogen-bond donors (Lipinski definition) is 0. The van der Waals surface area contributed by atoms with Crippen LogP contribution in [0.4, 0.5) is 0 Å². The van der Waals surface area contributed by atoms with Gasteiger partial charge in [-0.15, -0.1) is 0 Å². The van der Waals surface area contributed by atoms with Crippen LogP contribution in [0.3, 0.4) is 0 Å². The van der Waals surface area contributed by atoms with E-state index in [1.54, 1.807) is 12.1 Å². The van der Waals surface area contributed by atoms with Gasteiger partial charge in [-0.1, -0.05) is 50.7 Å². The summed E-state index contributed by atoms with van der Waals surface area (Å²) in [6.07, 6.45) is 8.65. The molecule has 19 heavy (non-hydrogen) atoms. The van der Waals surface area contributed by atoms with E-state index in [2.05, 4.69) is 6.07 Å². The Morgan fingerprint density at radius 1 is 1.16 bits per heavy atom. The minimum Gasteiger partial charge on any atom is -0.219 e. The van der Waals surface area contributed by atoms with Crippen LogP contribution in [0, 0.1) is 12.0 Å². The molecule has 0 saturated heterocycles. The van der Waals surface area contributed by atoms with E-state index in [0.29, 0.717) is 10.8 Å². The van der Waals surface area contributed by atoms with Gasteiger partial charge in [0.1, 0.15) is 0 Å². The molecular formula is C16H19O2S. The third-order valence-electron chi connectivity index (χ3n) is 4.26. The van der Waals surface area contributed by atoms with E-state index in [4.69, 9.17) is 0 Å². The van der Waals surface area contributed by atoms with Crippen LogP contribution >= 0.6 is 0 Å². The van der Waals surface area contributed by atoms with Gasteiger partial charge in [0.15, 0.2) is 0 Å². The van der Waals surface area contributed by atoms with E-state index >= 15 is 0 Å². The molecule has 1 radical (unpaired) electrons. The lowest BCUT2D eigenvalue weighted by Crippen LogP contribution is -1.99. The standard InChI is InChI=1S/C16H19O2S/c17-19(18)12-14(15-9-5-6-10-16(15)19)11-13-7-3-1-2-4-8-13/h5,9-10,12-13H,1-4,7-8,11H2. The molecule has 0 atom stereocenters. The van der Waals surface area contributed by atoms with Crippen molar-refractivity contribution in [3.8, 4) is 0 Å². The molecule has 0 aromatic heterocycles. The fourth-order valence-electron chi connectivity index (χ4n) is 3.27. The summed E-state index contributed by atoms with van der Waals surface area (Å²) < 4.78 is 24.2. The van der Waals surface area contributed by atoms with Gasteiger partial charge in [0.05, 0.1) is 4.90 Å². The average Bonchev–Trinajstić information content (AvgIpc) is 2.59. The lowest BCUT2D eigenvalue weighted by atomic mass is 9.90. The minimum absolute atomic E-state index is 0.443. The van der Waals surface area contributed by atoms with Crippen LogP contribution in [-0.4, -0.2) is 8.42 Å². The Kier molecular flexibility index (Phi) is 3.48. The highest BCUT2D eigenvalue weighted by atomic mass is 32.2. The van der Waals surface area contributed by atoms with Gasteiger partial charge < -0.3 is 0 Å². The Morgan fingerprint density at radius 3 is 2.63 bits per heavy atom. The van der Waals surface area contributed by atoms with E-state index in [1.165, 1.54) is 43.9 Å². The van der Waals surface area contributed by atoms with Gasteiger partial charge in [-0.2, -0.15) is 0 Å². The molecule has 0 spiro atoms. The molecule has 2 nitrogen and oxygen atoms in total. The molecule has 3 heteroatoms. The second-order valence-corrected chi connectivity index (χ2v) is 7.44. The summed E-state index contributed by atoms with van der Waals surface area (Å²) in [5.74, 6) is 0.652. The largest absolute Gasteiger partial charge is 0.219 e. The monoisotopic (exact) mass is 275 g/mol. The molecule has 1 aliphatic carbocycles. The number of sulfone groups is 1. The lowest BCUT2D eigenvalue weighted by molar-refractivity contribution is 0.471. The fraction of sp³-hybridized carbons (Fsp3) is 0.500. The van der Waals surface area contributed by atoms with Crippen molar-refractivity contribution in [1.29, 1.82) is 0 Å². The van der Waals surface area contributed by atoms with Gasteiger partial charge in [-0.05, 0) is 35.6 Å². The maximum Gasteiger partial charge on any atom is 0.200 e. The maximum absolute atomic E-state index is 12.1. The normalized spacial score (nSPS) is 22.6. The molecular weight excluding hydrogens is 256 g/mol. The molecule has 1 aromatic rings. The zero-order valence-electron chi connectivity index (χ0n) is 11.1. The van der Waals surface area contributed by atoms with Crippen LogP contribution in [-0.2, 0) is 9.84 Å². The van der Waals surface area contributed by atoms with Crippen LogP contribution in [0.15, 0.2) is 28.5 Å². The van der Waals surface area contributed by atoms with Crippen molar-refractivity contribution in [3.05, 3.63) is 35.2 Å². The Balaban J connectivity index is 1.86. The van der Waals surface area contributed by atoms with Gasteiger partial charge in [-0.3, -0.25) is 0 Å². The first-order valence-corrected chi connectivity index (χ1v) is 8.67. The Bertz CT molecular complexity index is 591. The highest BCUT2D eigenvalue weighted by Gasteiger charge is 2.27. The Hall–Kier alpha value is -1.09. The van der Waals surface area contributed by atoms with Gasteiger partial charge in [0, 0.05) is 5.41 Å². The van der Waals surface area contributed by atoms with Crippen molar-refractivity contribution >= 4 is 15.4 Å². The number of rotatable bonds is 2. The molecule has 1 saturated carbocycles. The van der Waals surface area contributed by atoms with Crippen LogP contribution in [0.5, 0.6) is 0 Å². The summed E-state index contributed by atoms with van der Waals surface area (Å²) in [6, 6.07) is 8.17. The summed E-state index contributed by atoms with van der Waals surface area (Å²) in [5, 5.41) is 1.48. The fourth-order valence-corrected chi connectivity index (χ4v) is 4.73. The van der Waals surface area contributed by atoms with E-state index in [0.717, 1.165) is 17.6 Å². The second kappa shape index (κ2) is 5.12. The predicted octanol–water partition coefficient (Wildman–Crippen LogP) is 3.98. The smallest absolute Gasteiger partial charge is 0.200 e. The molecule has 0 amide bonds. The SMILES string of the molecule is O=S1(=O)C=C(CC2CCCCCC2)c2cc[c]cc21. The van der Waals surface area contributed by atoms with Crippen LogP contribution < -0.4 is 0 Å². The van der Waals surface area contributed by atoms with Crippen molar-refractivity contribution in [2.24, 2.45) is 5.92 Å².